The topological polar surface area (TPSA) is 29.9 Å². The third kappa shape index (κ3) is 2.25. The number of rotatable bonds is 2. The molecule has 0 saturated carbocycles. The summed E-state index contributed by atoms with van der Waals surface area (Å²) in [5, 5.41) is 8.69. The van der Waals surface area contributed by atoms with E-state index in [0.717, 1.165) is 19.0 Å². The highest BCUT2D eigenvalue weighted by Crippen LogP contribution is 2.37. The summed E-state index contributed by atoms with van der Waals surface area (Å²) >= 11 is 2.06. The van der Waals surface area contributed by atoms with Crippen LogP contribution in [0.25, 0.3) is 0 Å². The van der Waals surface area contributed by atoms with E-state index >= 15 is 0 Å². The van der Waals surface area contributed by atoms with Crippen molar-refractivity contribution in [1.82, 2.24) is 15.1 Å². The van der Waals surface area contributed by atoms with Crippen LogP contribution in [0.2, 0.25) is 0 Å². The van der Waals surface area contributed by atoms with Crippen molar-refractivity contribution in [3.05, 3.63) is 17.5 Å². The standard InChI is InChI=1S/C13H21N3S/c1-10-12(11-4-6-14-7-5-11)9-15-16(10)13-3-2-8-17-13/h9,11,13-14H,2-8H2,1H3. The van der Waals surface area contributed by atoms with Gasteiger partial charge in [0.25, 0.3) is 0 Å². The van der Waals surface area contributed by atoms with E-state index in [1.54, 1.807) is 0 Å². The number of aromatic nitrogens is 2. The van der Waals surface area contributed by atoms with Crippen molar-refractivity contribution in [2.75, 3.05) is 18.8 Å². The van der Waals surface area contributed by atoms with Crippen LogP contribution in [-0.4, -0.2) is 28.6 Å². The summed E-state index contributed by atoms with van der Waals surface area (Å²) in [4.78, 5) is 0. The first kappa shape index (κ1) is 11.6. The second-order valence-electron chi connectivity index (χ2n) is 5.12. The van der Waals surface area contributed by atoms with E-state index in [1.165, 1.54) is 42.7 Å². The molecule has 1 atom stereocenters. The van der Waals surface area contributed by atoms with Gasteiger partial charge in [0.15, 0.2) is 0 Å². The maximum Gasteiger partial charge on any atom is 0.0974 e. The maximum absolute atomic E-state index is 4.65. The zero-order valence-corrected chi connectivity index (χ0v) is 11.3. The van der Waals surface area contributed by atoms with E-state index in [0.29, 0.717) is 5.37 Å². The van der Waals surface area contributed by atoms with Crippen LogP contribution < -0.4 is 5.32 Å². The van der Waals surface area contributed by atoms with Gasteiger partial charge in [0.2, 0.25) is 0 Å². The van der Waals surface area contributed by atoms with Gasteiger partial charge in [0.1, 0.15) is 0 Å². The molecular formula is C13H21N3S. The number of nitrogens with zero attached hydrogens (tertiary/aromatic N) is 2. The minimum atomic E-state index is 0.602. The van der Waals surface area contributed by atoms with Crippen molar-refractivity contribution >= 4 is 11.8 Å². The fourth-order valence-corrected chi connectivity index (χ4v) is 4.31. The molecule has 1 aromatic rings. The second-order valence-corrected chi connectivity index (χ2v) is 6.41. The summed E-state index contributed by atoms with van der Waals surface area (Å²) < 4.78 is 2.27. The van der Waals surface area contributed by atoms with Crippen LogP contribution in [0.5, 0.6) is 0 Å². The number of thioether (sulfide) groups is 1. The molecule has 2 aliphatic rings. The van der Waals surface area contributed by atoms with Gasteiger partial charge in [-0.25, -0.2) is 0 Å². The van der Waals surface area contributed by atoms with Crippen LogP contribution in [0.1, 0.15) is 48.2 Å². The number of hydrogen-bond donors (Lipinski definition) is 1. The van der Waals surface area contributed by atoms with Gasteiger partial charge >= 0.3 is 0 Å². The number of nitrogens with one attached hydrogen (secondary N) is 1. The molecule has 0 aliphatic carbocycles. The van der Waals surface area contributed by atoms with E-state index in [2.05, 4.69) is 40.0 Å². The molecule has 2 saturated heterocycles. The summed E-state index contributed by atoms with van der Waals surface area (Å²) in [6.45, 7) is 4.57. The predicted molar refractivity (Wildman–Crippen MR) is 72.5 cm³/mol. The molecule has 3 nitrogen and oxygen atoms in total. The molecule has 1 aromatic heterocycles. The van der Waals surface area contributed by atoms with Crippen molar-refractivity contribution in [3.8, 4) is 0 Å². The third-order valence-electron chi connectivity index (χ3n) is 4.04. The van der Waals surface area contributed by atoms with Crippen molar-refractivity contribution < 1.29 is 0 Å². The Labute approximate surface area is 107 Å². The second kappa shape index (κ2) is 5.02. The van der Waals surface area contributed by atoms with Gasteiger partial charge in [-0.05, 0) is 62.9 Å². The van der Waals surface area contributed by atoms with Gasteiger partial charge in [0, 0.05) is 5.69 Å². The van der Waals surface area contributed by atoms with Crippen LogP contribution in [-0.2, 0) is 0 Å². The smallest absolute Gasteiger partial charge is 0.0974 e. The van der Waals surface area contributed by atoms with Gasteiger partial charge in [-0.15, -0.1) is 11.8 Å². The highest BCUT2D eigenvalue weighted by Gasteiger charge is 2.24. The Morgan fingerprint density at radius 3 is 2.88 bits per heavy atom. The Morgan fingerprint density at radius 2 is 2.18 bits per heavy atom. The normalized spacial score (nSPS) is 26.5. The van der Waals surface area contributed by atoms with E-state index in [-0.39, 0.29) is 0 Å². The Morgan fingerprint density at radius 1 is 1.35 bits per heavy atom. The van der Waals surface area contributed by atoms with E-state index < -0.39 is 0 Å². The molecule has 0 spiro atoms. The fraction of sp³-hybridized carbons (Fsp3) is 0.769. The summed E-state index contributed by atoms with van der Waals surface area (Å²) in [7, 11) is 0. The van der Waals surface area contributed by atoms with Gasteiger partial charge in [-0.1, -0.05) is 0 Å². The zero-order chi connectivity index (χ0) is 11.7. The first-order chi connectivity index (χ1) is 8.36. The van der Waals surface area contributed by atoms with Crippen LogP contribution in [0.15, 0.2) is 6.20 Å². The van der Waals surface area contributed by atoms with Gasteiger partial charge in [-0.3, -0.25) is 4.68 Å². The lowest BCUT2D eigenvalue weighted by atomic mass is 9.91. The summed E-state index contributed by atoms with van der Waals surface area (Å²) in [6, 6.07) is 0. The molecule has 3 heterocycles. The molecule has 3 rings (SSSR count). The zero-order valence-electron chi connectivity index (χ0n) is 10.5. The quantitative estimate of drug-likeness (QED) is 0.876. The van der Waals surface area contributed by atoms with Crippen LogP contribution in [0.4, 0.5) is 0 Å². The Hall–Kier alpha value is -0.480. The van der Waals surface area contributed by atoms with Crippen LogP contribution >= 0.6 is 11.8 Å². The Kier molecular flexibility index (Phi) is 3.43. The van der Waals surface area contributed by atoms with Crippen molar-refractivity contribution in [2.24, 2.45) is 0 Å². The summed E-state index contributed by atoms with van der Waals surface area (Å²) in [5.41, 5.74) is 2.91. The molecule has 4 heteroatoms. The molecule has 17 heavy (non-hydrogen) atoms. The lowest BCUT2D eigenvalue weighted by Crippen LogP contribution is -2.26. The lowest BCUT2D eigenvalue weighted by Gasteiger charge is -2.22. The third-order valence-corrected chi connectivity index (χ3v) is 5.38. The maximum atomic E-state index is 4.65. The minimum Gasteiger partial charge on any atom is -0.317 e. The summed E-state index contributed by atoms with van der Waals surface area (Å²) in [6.07, 6.45) is 7.30. The lowest BCUT2D eigenvalue weighted by molar-refractivity contribution is 0.457. The average molecular weight is 251 g/mol. The minimum absolute atomic E-state index is 0.602. The molecule has 2 aliphatic heterocycles. The predicted octanol–water partition coefficient (Wildman–Crippen LogP) is 2.68. The Bertz CT molecular complexity index is 376. The average Bonchev–Trinajstić information content (AvgIpc) is 2.99. The van der Waals surface area contributed by atoms with E-state index in [1.807, 2.05) is 0 Å². The largest absolute Gasteiger partial charge is 0.317 e. The SMILES string of the molecule is Cc1c(C2CCNCC2)cnn1C1CCCS1. The van der Waals surface area contributed by atoms with Gasteiger partial charge in [-0.2, -0.15) is 5.10 Å². The van der Waals surface area contributed by atoms with Gasteiger partial charge in [0.05, 0.1) is 11.6 Å². The van der Waals surface area contributed by atoms with E-state index in [4.69, 9.17) is 0 Å². The molecule has 1 N–H and O–H groups in total. The Balaban J connectivity index is 1.80. The monoisotopic (exact) mass is 251 g/mol. The molecule has 94 valence electrons. The first-order valence-corrected chi connectivity index (χ1v) is 7.77. The highest BCUT2D eigenvalue weighted by molar-refractivity contribution is 7.99. The van der Waals surface area contributed by atoms with Crippen LogP contribution in [0.3, 0.4) is 0 Å². The molecule has 0 radical (unpaired) electrons. The molecular weight excluding hydrogens is 230 g/mol. The number of hydrogen-bond acceptors (Lipinski definition) is 3. The van der Waals surface area contributed by atoms with Crippen molar-refractivity contribution in [1.29, 1.82) is 0 Å². The highest BCUT2D eigenvalue weighted by atomic mass is 32.2. The van der Waals surface area contributed by atoms with Crippen molar-refractivity contribution in [2.45, 2.75) is 43.9 Å². The fourth-order valence-electron chi connectivity index (χ4n) is 3.01. The number of piperidine rings is 1. The molecule has 0 bridgehead atoms. The molecule has 2 fully saturated rings. The van der Waals surface area contributed by atoms with Crippen LogP contribution in [0, 0.1) is 6.92 Å². The molecule has 0 aromatic carbocycles. The molecule has 1 unspecified atom stereocenters. The van der Waals surface area contributed by atoms with E-state index in [9.17, 15) is 0 Å². The molecule has 0 amide bonds. The van der Waals surface area contributed by atoms with Crippen molar-refractivity contribution in [3.63, 3.8) is 0 Å². The first-order valence-electron chi connectivity index (χ1n) is 6.72. The summed E-state index contributed by atoms with van der Waals surface area (Å²) in [5.74, 6) is 2.03. The van der Waals surface area contributed by atoms with Gasteiger partial charge < -0.3 is 5.32 Å².